The maximum Gasteiger partial charge on any atom is 0.214 e. The molecule has 2 unspecified atom stereocenters. The van der Waals surface area contributed by atoms with E-state index in [0.717, 1.165) is 31.1 Å². The van der Waals surface area contributed by atoms with Crippen LogP contribution in [0.5, 0.6) is 5.88 Å². The van der Waals surface area contributed by atoms with Crippen LogP contribution in [0.25, 0.3) is 0 Å². The number of nitrogens with one attached hydrogen (secondary N) is 1. The van der Waals surface area contributed by atoms with Crippen LogP contribution in [0.15, 0.2) is 12.1 Å². The fourth-order valence-electron chi connectivity index (χ4n) is 2.92. The molecule has 0 aromatic carbocycles. The number of hydrogen-bond donors (Lipinski definition) is 1. The van der Waals surface area contributed by atoms with Crippen molar-refractivity contribution in [1.82, 2.24) is 10.3 Å². The molecule has 3 nitrogen and oxygen atoms in total. The van der Waals surface area contributed by atoms with E-state index in [0.29, 0.717) is 17.9 Å². The van der Waals surface area contributed by atoms with E-state index in [9.17, 15) is 0 Å². The number of nitrogens with zero attached hydrogens (tertiary/aromatic N) is 1. The standard InChI is InChI=1S/C18H30N2O/c1-5-19-12-15-10-16(13(2)3)20-18(11-15)21-17-9-7-6-8-14(17)4/h10-11,13-14,17,19H,5-9,12H2,1-4H3. The molecule has 1 aliphatic rings. The molecule has 0 bridgehead atoms. The number of aromatic nitrogens is 1. The van der Waals surface area contributed by atoms with Crippen LogP contribution in [0.3, 0.4) is 0 Å². The van der Waals surface area contributed by atoms with Gasteiger partial charge in [-0.25, -0.2) is 4.98 Å². The van der Waals surface area contributed by atoms with Crippen LogP contribution in [0.1, 0.15) is 70.6 Å². The van der Waals surface area contributed by atoms with Crippen LogP contribution in [-0.4, -0.2) is 17.6 Å². The first kappa shape index (κ1) is 16.3. The zero-order valence-electron chi connectivity index (χ0n) is 14.0. The second kappa shape index (κ2) is 7.79. The van der Waals surface area contributed by atoms with Crippen LogP contribution in [0.4, 0.5) is 0 Å². The lowest BCUT2D eigenvalue weighted by atomic mass is 9.88. The van der Waals surface area contributed by atoms with Crippen molar-refractivity contribution in [3.8, 4) is 5.88 Å². The van der Waals surface area contributed by atoms with Gasteiger partial charge in [0.1, 0.15) is 6.10 Å². The maximum absolute atomic E-state index is 6.24. The number of rotatable bonds is 6. The topological polar surface area (TPSA) is 34.1 Å². The molecule has 1 N–H and O–H groups in total. The van der Waals surface area contributed by atoms with Crippen LogP contribution >= 0.6 is 0 Å². The molecule has 0 saturated heterocycles. The molecule has 1 saturated carbocycles. The SMILES string of the molecule is CCNCc1cc(OC2CCCCC2C)nc(C(C)C)c1. The van der Waals surface area contributed by atoms with Crippen molar-refractivity contribution in [1.29, 1.82) is 0 Å². The first-order chi connectivity index (χ1) is 10.1. The molecule has 1 fully saturated rings. The molecule has 0 radical (unpaired) electrons. The van der Waals surface area contributed by atoms with Gasteiger partial charge in [-0.3, -0.25) is 0 Å². The van der Waals surface area contributed by atoms with Gasteiger partial charge >= 0.3 is 0 Å². The molecule has 1 aromatic rings. The van der Waals surface area contributed by atoms with Crippen molar-refractivity contribution >= 4 is 0 Å². The van der Waals surface area contributed by atoms with Gasteiger partial charge in [0.2, 0.25) is 5.88 Å². The summed E-state index contributed by atoms with van der Waals surface area (Å²) in [5.41, 5.74) is 2.40. The second-order valence-electron chi connectivity index (χ2n) is 6.59. The summed E-state index contributed by atoms with van der Waals surface area (Å²) in [6.45, 7) is 10.7. The minimum atomic E-state index is 0.334. The van der Waals surface area contributed by atoms with Crippen LogP contribution < -0.4 is 10.1 Å². The van der Waals surface area contributed by atoms with E-state index in [4.69, 9.17) is 9.72 Å². The molecule has 1 aromatic heterocycles. The Morgan fingerprint density at radius 2 is 2.05 bits per heavy atom. The molecule has 0 aliphatic heterocycles. The Bertz CT molecular complexity index is 445. The largest absolute Gasteiger partial charge is 0.474 e. The maximum atomic E-state index is 6.24. The first-order valence-electron chi connectivity index (χ1n) is 8.48. The summed E-state index contributed by atoms with van der Waals surface area (Å²) >= 11 is 0. The van der Waals surface area contributed by atoms with Gasteiger partial charge in [0, 0.05) is 18.3 Å². The highest BCUT2D eigenvalue weighted by Crippen LogP contribution is 2.28. The third-order valence-electron chi connectivity index (χ3n) is 4.36. The van der Waals surface area contributed by atoms with Gasteiger partial charge in [-0.15, -0.1) is 0 Å². The Balaban J connectivity index is 2.14. The van der Waals surface area contributed by atoms with E-state index in [2.05, 4.69) is 45.1 Å². The predicted octanol–water partition coefficient (Wildman–Crippen LogP) is 4.27. The molecule has 3 heteroatoms. The first-order valence-corrected chi connectivity index (χ1v) is 8.48. The zero-order chi connectivity index (χ0) is 15.2. The summed E-state index contributed by atoms with van der Waals surface area (Å²) in [6, 6.07) is 4.31. The van der Waals surface area contributed by atoms with Crippen molar-refractivity contribution in [2.75, 3.05) is 6.54 Å². The third-order valence-corrected chi connectivity index (χ3v) is 4.36. The lowest BCUT2D eigenvalue weighted by Gasteiger charge is -2.29. The Labute approximate surface area is 129 Å². The number of hydrogen-bond acceptors (Lipinski definition) is 3. The lowest BCUT2D eigenvalue weighted by Crippen LogP contribution is -2.28. The summed E-state index contributed by atoms with van der Waals surface area (Å²) in [4.78, 5) is 4.72. The van der Waals surface area contributed by atoms with Crippen molar-refractivity contribution < 1.29 is 4.74 Å². The van der Waals surface area contributed by atoms with Crippen LogP contribution in [0.2, 0.25) is 0 Å². The van der Waals surface area contributed by atoms with Gasteiger partial charge in [0.25, 0.3) is 0 Å². The van der Waals surface area contributed by atoms with Crippen molar-refractivity contribution in [2.24, 2.45) is 5.92 Å². The lowest BCUT2D eigenvalue weighted by molar-refractivity contribution is 0.0972. The molecule has 118 valence electrons. The predicted molar refractivity (Wildman–Crippen MR) is 87.8 cm³/mol. The molecular weight excluding hydrogens is 260 g/mol. The smallest absolute Gasteiger partial charge is 0.214 e. The summed E-state index contributed by atoms with van der Waals surface area (Å²) in [5, 5.41) is 3.39. The summed E-state index contributed by atoms with van der Waals surface area (Å²) in [6.07, 6.45) is 5.39. The molecule has 1 heterocycles. The zero-order valence-corrected chi connectivity index (χ0v) is 14.0. The molecule has 2 atom stereocenters. The van der Waals surface area contributed by atoms with E-state index in [1.807, 2.05) is 0 Å². The van der Waals surface area contributed by atoms with E-state index in [-0.39, 0.29) is 0 Å². The highest BCUT2D eigenvalue weighted by atomic mass is 16.5. The normalized spacial score (nSPS) is 22.5. The Hall–Kier alpha value is -1.09. The van der Waals surface area contributed by atoms with Gasteiger partial charge < -0.3 is 10.1 Å². The molecule has 21 heavy (non-hydrogen) atoms. The van der Waals surface area contributed by atoms with E-state index in [1.165, 1.54) is 24.8 Å². The minimum absolute atomic E-state index is 0.334. The summed E-state index contributed by atoms with van der Waals surface area (Å²) in [5.74, 6) is 1.88. The molecular formula is C18H30N2O. The monoisotopic (exact) mass is 290 g/mol. The van der Waals surface area contributed by atoms with Crippen LogP contribution in [-0.2, 0) is 6.54 Å². The number of pyridine rings is 1. The highest BCUT2D eigenvalue weighted by molar-refractivity contribution is 5.27. The van der Waals surface area contributed by atoms with E-state index >= 15 is 0 Å². The quantitative estimate of drug-likeness (QED) is 0.849. The van der Waals surface area contributed by atoms with Crippen molar-refractivity contribution in [3.63, 3.8) is 0 Å². The van der Waals surface area contributed by atoms with Gasteiger partial charge in [0.15, 0.2) is 0 Å². The number of ether oxygens (including phenoxy) is 1. The molecule has 0 spiro atoms. The molecule has 1 aliphatic carbocycles. The Morgan fingerprint density at radius 3 is 2.71 bits per heavy atom. The van der Waals surface area contributed by atoms with Gasteiger partial charge in [0.05, 0.1) is 0 Å². The van der Waals surface area contributed by atoms with Gasteiger partial charge in [-0.2, -0.15) is 0 Å². The van der Waals surface area contributed by atoms with Crippen molar-refractivity contribution in [2.45, 2.75) is 71.9 Å². The molecule has 2 rings (SSSR count). The average Bonchev–Trinajstić information content (AvgIpc) is 2.47. The van der Waals surface area contributed by atoms with Gasteiger partial charge in [-0.05, 0) is 49.3 Å². The fourth-order valence-corrected chi connectivity index (χ4v) is 2.92. The minimum Gasteiger partial charge on any atom is -0.474 e. The van der Waals surface area contributed by atoms with Crippen molar-refractivity contribution in [3.05, 3.63) is 23.4 Å². The van der Waals surface area contributed by atoms with E-state index < -0.39 is 0 Å². The highest BCUT2D eigenvalue weighted by Gasteiger charge is 2.23. The summed E-state index contributed by atoms with van der Waals surface area (Å²) in [7, 11) is 0. The second-order valence-corrected chi connectivity index (χ2v) is 6.59. The van der Waals surface area contributed by atoms with Crippen LogP contribution in [0, 0.1) is 5.92 Å². The molecule has 0 amide bonds. The average molecular weight is 290 g/mol. The summed E-state index contributed by atoms with van der Waals surface area (Å²) < 4.78 is 6.24. The third kappa shape index (κ3) is 4.70. The Kier molecular flexibility index (Phi) is 6.04. The fraction of sp³-hybridized carbons (Fsp3) is 0.722. The van der Waals surface area contributed by atoms with E-state index in [1.54, 1.807) is 0 Å². The Morgan fingerprint density at radius 1 is 1.29 bits per heavy atom. The van der Waals surface area contributed by atoms with Gasteiger partial charge in [-0.1, -0.05) is 34.1 Å².